The summed E-state index contributed by atoms with van der Waals surface area (Å²) in [6, 6.07) is 16.4. The molecule has 1 heterocycles. The number of nitrogens with one attached hydrogen (secondary N) is 1. The van der Waals surface area contributed by atoms with Crippen LogP contribution in [0.1, 0.15) is 0 Å². The molecule has 5 aromatic rings. The number of azo groups is 1. The molecule has 1 aromatic heterocycles. The number of benzene rings is 4. The number of phenolic OH excluding ortho intramolecular Hbond substituents is 1. The van der Waals surface area contributed by atoms with Crippen LogP contribution in [0.5, 0.6) is 5.75 Å². The number of sulfone groups is 1. The van der Waals surface area contributed by atoms with E-state index in [4.69, 9.17) is 39.4 Å². The molecule has 7 N–H and O–H groups in total. The molecule has 0 aliphatic heterocycles. The van der Waals surface area contributed by atoms with E-state index in [9.17, 15) is 39.5 Å². The average molecular weight is 939 g/mol. The molecule has 24 nitrogen and oxygen atoms in total. The van der Waals surface area contributed by atoms with Crippen molar-refractivity contribution < 1.29 is 70.9 Å². The molecule has 0 radical (unpaired) electrons. The number of hydrogen-bond acceptors (Lipinski definition) is 23. The summed E-state index contributed by atoms with van der Waals surface area (Å²) in [6.45, 7) is -0.455. The summed E-state index contributed by atoms with van der Waals surface area (Å²) >= 11 is 6.47. The van der Waals surface area contributed by atoms with Crippen LogP contribution in [0, 0.1) is 0 Å². The number of nitrogens with zero attached hydrogens (tertiary/aromatic N) is 6. The first kappa shape index (κ1) is 46.5. The second-order valence-corrected chi connectivity index (χ2v) is 17.5. The van der Waals surface area contributed by atoms with Crippen molar-refractivity contribution in [1.29, 1.82) is 0 Å². The van der Waals surface area contributed by atoms with Crippen LogP contribution in [-0.2, 0) is 54.2 Å². The van der Waals surface area contributed by atoms with E-state index in [2.05, 4.69) is 39.9 Å². The SMILES string of the molecule is Nc1ccc2cc(S(=O)(=O)O)cc(O)c2c1N=Nc1ccc(Nc2nc(Cl)nc(N(CCS(=O)(=O)CCOSOOO)c3ccccc3)n2)cc1S(=O)(=O)O.O=S(=O)=O. The Morgan fingerprint density at radius 3 is 2.22 bits per heavy atom. The van der Waals surface area contributed by atoms with Gasteiger partial charge < -0.3 is 21.1 Å². The van der Waals surface area contributed by atoms with E-state index in [1.807, 2.05) is 0 Å². The zero-order valence-electron chi connectivity index (χ0n) is 29.1. The van der Waals surface area contributed by atoms with E-state index in [1.54, 1.807) is 30.3 Å². The molecular weight excluding hydrogens is 912 g/mol. The highest BCUT2D eigenvalue weighted by Crippen LogP contribution is 2.41. The van der Waals surface area contributed by atoms with Gasteiger partial charge in [0.15, 0.2) is 22.2 Å². The highest BCUT2D eigenvalue weighted by atomic mass is 35.5. The number of nitrogens with two attached hydrogens (primary N) is 1. The molecule has 59 heavy (non-hydrogen) atoms. The molecule has 4 aromatic carbocycles. The zero-order valence-corrected chi connectivity index (χ0v) is 34.0. The van der Waals surface area contributed by atoms with Crippen LogP contribution in [-0.4, -0.2) is 97.0 Å². The number of halogens is 1. The largest absolute Gasteiger partial charge is 0.507 e. The van der Waals surface area contributed by atoms with Gasteiger partial charge in [0.2, 0.25) is 17.2 Å². The molecule has 0 spiro atoms. The fourth-order valence-corrected chi connectivity index (χ4v) is 7.48. The van der Waals surface area contributed by atoms with Crippen molar-refractivity contribution in [3.05, 3.63) is 78.1 Å². The van der Waals surface area contributed by atoms with Crippen LogP contribution in [0.25, 0.3) is 10.8 Å². The molecule has 0 saturated heterocycles. The molecule has 0 atom stereocenters. The van der Waals surface area contributed by atoms with Gasteiger partial charge in [0.25, 0.3) is 20.2 Å². The molecule has 0 aliphatic rings. The first-order chi connectivity index (χ1) is 27.7. The van der Waals surface area contributed by atoms with Crippen molar-refractivity contribution in [2.24, 2.45) is 10.2 Å². The van der Waals surface area contributed by atoms with Crippen LogP contribution in [0.4, 0.5) is 40.3 Å². The average Bonchev–Trinajstić information content (AvgIpc) is 3.14. The van der Waals surface area contributed by atoms with Crippen molar-refractivity contribution >= 4 is 116 Å². The van der Waals surface area contributed by atoms with Crippen molar-refractivity contribution in [2.75, 3.05) is 40.6 Å². The Morgan fingerprint density at radius 1 is 0.881 bits per heavy atom. The van der Waals surface area contributed by atoms with Crippen LogP contribution in [0.3, 0.4) is 0 Å². The number of fused-ring (bicyclic) bond motifs is 1. The number of para-hydroxylation sites is 1. The van der Waals surface area contributed by atoms with Gasteiger partial charge in [-0.1, -0.05) is 29.3 Å². The summed E-state index contributed by atoms with van der Waals surface area (Å²) in [4.78, 5) is 12.6. The zero-order chi connectivity index (χ0) is 43.5. The normalized spacial score (nSPS) is 11.9. The third-order valence-electron chi connectivity index (χ3n) is 7.24. The van der Waals surface area contributed by atoms with Gasteiger partial charge in [0, 0.05) is 24.0 Å². The summed E-state index contributed by atoms with van der Waals surface area (Å²) in [5.74, 6) is -1.75. The second kappa shape index (κ2) is 20.2. The summed E-state index contributed by atoms with van der Waals surface area (Å²) in [5.41, 5.74) is 5.91. The maximum Gasteiger partial charge on any atom is 0.425 e. The first-order valence-electron chi connectivity index (χ1n) is 15.5. The molecular formula is C29H27ClN8O16S5. The standard InChI is InChI=1S/C29H27ClN8O13S4.O3S/c30-27-33-28(35-29(34-27)38(19-4-2-1-3-5-19)10-12-53(41,42)13-11-49-52-51-50-40)32-18-7-9-22(24(15-18)55(46,47)48)36-37-26-21(31)8-6-17-14-20(54(43,44)45)16-23(39)25(17)26;1-4(2)3/h1-9,14-16,39-40H,10-13,31H2,(H,43,44,45)(H,46,47,48)(H,32,33,34,35);. The predicted octanol–water partition coefficient (Wildman–Crippen LogP) is 4.17. The molecule has 0 aliphatic carbocycles. The Kier molecular flexibility index (Phi) is 15.9. The topological polar surface area (TPSA) is 367 Å². The molecule has 30 heteroatoms. The van der Waals surface area contributed by atoms with Gasteiger partial charge in [-0.25, -0.2) is 13.7 Å². The van der Waals surface area contributed by atoms with Crippen LogP contribution < -0.4 is 16.0 Å². The van der Waals surface area contributed by atoms with Gasteiger partial charge in [0.1, 0.15) is 22.0 Å². The lowest BCUT2D eigenvalue weighted by Crippen LogP contribution is -2.28. The summed E-state index contributed by atoms with van der Waals surface area (Å²) in [6.07, 6.45) is 0. The van der Waals surface area contributed by atoms with E-state index in [0.29, 0.717) is 5.69 Å². The van der Waals surface area contributed by atoms with Crippen molar-refractivity contribution in [3.63, 3.8) is 0 Å². The number of phenols is 1. The van der Waals surface area contributed by atoms with Crippen LogP contribution >= 0.6 is 23.9 Å². The van der Waals surface area contributed by atoms with Crippen molar-refractivity contribution in [3.8, 4) is 5.75 Å². The van der Waals surface area contributed by atoms with E-state index < -0.39 is 67.7 Å². The molecule has 5 rings (SSSR count). The van der Waals surface area contributed by atoms with Gasteiger partial charge in [-0.2, -0.15) is 31.8 Å². The highest BCUT2D eigenvalue weighted by molar-refractivity contribution is 7.91. The molecule has 0 unspecified atom stereocenters. The van der Waals surface area contributed by atoms with Crippen molar-refractivity contribution in [2.45, 2.75) is 9.79 Å². The second-order valence-electron chi connectivity index (χ2n) is 11.1. The smallest absolute Gasteiger partial charge is 0.425 e. The fraction of sp³-hybridized carbons (Fsp3) is 0.138. The summed E-state index contributed by atoms with van der Waals surface area (Å²) in [5, 5.41) is 32.4. The predicted molar refractivity (Wildman–Crippen MR) is 209 cm³/mol. The number of aromatic nitrogens is 3. The highest BCUT2D eigenvalue weighted by Gasteiger charge is 2.22. The van der Waals surface area contributed by atoms with Gasteiger partial charge in [-0.15, -0.1) is 27.2 Å². The lowest BCUT2D eigenvalue weighted by atomic mass is 10.1. The van der Waals surface area contributed by atoms with Gasteiger partial charge in [-0.05, 0) is 59.5 Å². The molecule has 0 amide bonds. The minimum atomic E-state index is -4.98. The third-order valence-corrected chi connectivity index (χ3v) is 11.1. The van der Waals surface area contributed by atoms with Crippen LogP contribution in [0.15, 0.2) is 92.8 Å². The minimum absolute atomic E-state index is 0.00198. The van der Waals surface area contributed by atoms with Gasteiger partial charge in [-0.3, -0.25) is 13.3 Å². The van der Waals surface area contributed by atoms with E-state index >= 15 is 0 Å². The van der Waals surface area contributed by atoms with Crippen LogP contribution in [0.2, 0.25) is 5.28 Å². The Balaban J connectivity index is 0.00000184. The molecule has 0 fully saturated rings. The van der Waals surface area contributed by atoms with E-state index in [-0.39, 0.29) is 76.2 Å². The molecule has 0 bridgehead atoms. The maximum absolute atomic E-state index is 12.7. The Bertz CT molecular complexity index is 2800. The Labute approximate surface area is 344 Å². The van der Waals surface area contributed by atoms with Gasteiger partial charge >= 0.3 is 10.6 Å². The van der Waals surface area contributed by atoms with Crippen molar-refractivity contribution in [1.82, 2.24) is 15.0 Å². The molecule has 0 saturated carbocycles. The number of hydrogen-bond donors (Lipinski definition) is 6. The lowest BCUT2D eigenvalue weighted by Gasteiger charge is -2.23. The number of aromatic hydroxyl groups is 1. The van der Waals surface area contributed by atoms with Gasteiger partial charge in [0.05, 0.1) is 34.1 Å². The summed E-state index contributed by atoms with van der Waals surface area (Å²) < 4.78 is 127. The van der Waals surface area contributed by atoms with E-state index in [0.717, 1.165) is 24.3 Å². The number of rotatable bonds is 17. The number of nitrogen functional groups attached to an aromatic ring is 1. The third kappa shape index (κ3) is 13.7. The first-order valence-corrected chi connectivity index (χ1v) is 22.2. The Hall–Kier alpha value is -5.18. The summed E-state index contributed by atoms with van der Waals surface area (Å²) in [7, 11) is -16.5. The lowest BCUT2D eigenvalue weighted by molar-refractivity contribution is -0.434. The molecule has 316 valence electrons. The Morgan fingerprint density at radius 2 is 1.58 bits per heavy atom. The van der Waals surface area contributed by atoms with E-state index in [1.165, 1.54) is 23.1 Å². The number of anilines is 5. The quantitative estimate of drug-likeness (QED) is 0.0145. The monoisotopic (exact) mass is 938 g/mol. The fourth-order valence-electron chi connectivity index (χ4n) is 4.81. The minimum Gasteiger partial charge on any atom is -0.507 e. The maximum atomic E-state index is 12.7.